The second-order valence-electron chi connectivity index (χ2n) is 6.06. The lowest BCUT2D eigenvalue weighted by atomic mass is 10.2. The molecular formula is C17H18ClN3O5S. The molecule has 1 aliphatic heterocycles. The predicted octanol–water partition coefficient (Wildman–Crippen LogP) is 1.02. The Balaban J connectivity index is 1.76. The number of amides is 1. The van der Waals surface area contributed by atoms with Crippen molar-refractivity contribution in [1.29, 1.82) is 0 Å². The minimum Gasteiger partial charge on any atom is -0.376 e. The Hall–Kier alpha value is -2.23. The smallest absolute Gasteiger partial charge is 0.267 e. The molecule has 144 valence electrons. The van der Waals surface area contributed by atoms with Crippen LogP contribution in [0, 0.1) is 0 Å². The molecule has 1 amide bonds. The number of nitrogens with zero attached hydrogens (tertiary/aromatic N) is 2. The molecule has 0 radical (unpaired) electrons. The van der Waals surface area contributed by atoms with Crippen LogP contribution in [0.25, 0.3) is 0 Å². The van der Waals surface area contributed by atoms with Crippen molar-refractivity contribution in [2.24, 2.45) is 0 Å². The van der Waals surface area contributed by atoms with Gasteiger partial charge < -0.3 is 10.1 Å². The van der Waals surface area contributed by atoms with Crippen molar-refractivity contribution in [3.63, 3.8) is 0 Å². The van der Waals surface area contributed by atoms with Crippen LogP contribution in [-0.4, -0.2) is 43.4 Å². The minimum atomic E-state index is -3.94. The van der Waals surface area contributed by atoms with Crippen LogP contribution in [-0.2, 0) is 25.9 Å². The van der Waals surface area contributed by atoms with Gasteiger partial charge in [-0.1, -0.05) is 11.6 Å². The molecule has 1 aromatic carbocycles. The summed E-state index contributed by atoms with van der Waals surface area (Å²) in [4.78, 5) is 24.0. The van der Waals surface area contributed by atoms with Crippen molar-refractivity contribution in [2.45, 2.75) is 35.4 Å². The minimum absolute atomic E-state index is 0.00701. The van der Waals surface area contributed by atoms with Gasteiger partial charge in [0.25, 0.3) is 5.56 Å². The number of carbonyl (C=O) groups excluding carboxylic acids is 1. The maximum Gasteiger partial charge on any atom is 0.267 e. The van der Waals surface area contributed by atoms with E-state index < -0.39 is 21.3 Å². The van der Waals surface area contributed by atoms with Gasteiger partial charge in [0, 0.05) is 24.2 Å². The summed E-state index contributed by atoms with van der Waals surface area (Å²) < 4.78 is 31.5. The molecule has 0 spiro atoms. The fourth-order valence-electron chi connectivity index (χ4n) is 2.65. The molecule has 1 saturated heterocycles. The van der Waals surface area contributed by atoms with Crippen LogP contribution in [0.4, 0.5) is 0 Å². The van der Waals surface area contributed by atoms with Gasteiger partial charge in [0.15, 0.2) is 5.03 Å². The van der Waals surface area contributed by atoms with Gasteiger partial charge in [-0.3, -0.25) is 9.59 Å². The molecule has 27 heavy (non-hydrogen) atoms. The van der Waals surface area contributed by atoms with Crippen LogP contribution in [0.3, 0.4) is 0 Å². The highest BCUT2D eigenvalue weighted by atomic mass is 35.5. The van der Waals surface area contributed by atoms with E-state index >= 15 is 0 Å². The summed E-state index contributed by atoms with van der Waals surface area (Å²) in [5, 5.41) is 6.60. The number of nitrogens with one attached hydrogen (secondary N) is 1. The Kier molecular flexibility index (Phi) is 5.93. The van der Waals surface area contributed by atoms with E-state index in [9.17, 15) is 18.0 Å². The Morgan fingerprint density at radius 2 is 2.00 bits per heavy atom. The lowest BCUT2D eigenvalue weighted by molar-refractivity contribution is -0.122. The maximum absolute atomic E-state index is 12.7. The lowest BCUT2D eigenvalue weighted by Crippen LogP contribution is -2.37. The summed E-state index contributed by atoms with van der Waals surface area (Å²) in [6.07, 6.45) is 1.79. The van der Waals surface area contributed by atoms with E-state index in [1.54, 1.807) is 0 Å². The zero-order valence-corrected chi connectivity index (χ0v) is 15.9. The van der Waals surface area contributed by atoms with Crippen molar-refractivity contribution in [3.05, 3.63) is 51.8 Å². The summed E-state index contributed by atoms with van der Waals surface area (Å²) in [6, 6.07) is 7.79. The van der Waals surface area contributed by atoms with Gasteiger partial charge in [-0.15, -0.1) is 0 Å². The zero-order chi connectivity index (χ0) is 19.4. The predicted molar refractivity (Wildman–Crippen MR) is 97.4 cm³/mol. The molecule has 10 heteroatoms. The summed E-state index contributed by atoms with van der Waals surface area (Å²) in [6.45, 7) is 0.637. The van der Waals surface area contributed by atoms with Crippen molar-refractivity contribution in [2.75, 3.05) is 13.2 Å². The fraction of sp³-hybridized carbons (Fsp3) is 0.353. The van der Waals surface area contributed by atoms with Gasteiger partial charge in [0.05, 0.1) is 11.0 Å². The maximum atomic E-state index is 12.7. The van der Waals surface area contributed by atoms with E-state index in [0.717, 1.165) is 29.7 Å². The van der Waals surface area contributed by atoms with Gasteiger partial charge >= 0.3 is 0 Å². The molecule has 1 unspecified atom stereocenters. The number of sulfone groups is 1. The van der Waals surface area contributed by atoms with Crippen LogP contribution in [0.5, 0.6) is 0 Å². The Morgan fingerprint density at radius 1 is 1.26 bits per heavy atom. The van der Waals surface area contributed by atoms with Gasteiger partial charge in [-0.05, 0) is 43.2 Å². The molecule has 0 saturated carbocycles. The third-order valence-corrected chi connectivity index (χ3v) is 6.00. The Bertz CT molecular complexity index is 982. The number of carbonyl (C=O) groups is 1. The average molecular weight is 412 g/mol. The van der Waals surface area contributed by atoms with E-state index in [2.05, 4.69) is 10.4 Å². The first-order valence-corrected chi connectivity index (χ1v) is 10.2. The molecular weight excluding hydrogens is 394 g/mol. The number of aromatic nitrogens is 2. The molecule has 8 nitrogen and oxygen atoms in total. The van der Waals surface area contributed by atoms with Crippen LogP contribution in [0.2, 0.25) is 5.02 Å². The normalized spacial score (nSPS) is 17.0. The first kappa shape index (κ1) is 19.5. The molecule has 3 rings (SSSR count). The largest absolute Gasteiger partial charge is 0.376 e. The molecule has 2 heterocycles. The van der Waals surface area contributed by atoms with Crippen molar-refractivity contribution < 1.29 is 17.9 Å². The van der Waals surface area contributed by atoms with Crippen LogP contribution in [0.1, 0.15) is 12.8 Å². The van der Waals surface area contributed by atoms with E-state index in [4.69, 9.17) is 16.3 Å². The molecule has 1 aromatic heterocycles. The number of hydrogen-bond acceptors (Lipinski definition) is 6. The number of halogens is 1. The number of ether oxygens (including phenoxy) is 1. The number of rotatable bonds is 6. The summed E-state index contributed by atoms with van der Waals surface area (Å²) in [5.41, 5.74) is -0.572. The first-order valence-electron chi connectivity index (χ1n) is 8.33. The van der Waals surface area contributed by atoms with Crippen molar-refractivity contribution in [3.8, 4) is 0 Å². The molecule has 1 N–H and O–H groups in total. The SMILES string of the molecule is O=C(Cn1nc(S(=O)(=O)c2ccc(Cl)cc2)ccc1=O)NCC1CCCO1. The standard InChI is InChI=1S/C17H18ClN3O5S/c18-12-3-5-14(6-4-12)27(24,25)16-7-8-17(23)21(20-16)11-15(22)19-10-13-2-1-9-26-13/h3-8,13H,1-2,9-11H2,(H,19,22). The van der Waals surface area contributed by atoms with Crippen molar-refractivity contribution >= 4 is 27.3 Å². The average Bonchev–Trinajstić information content (AvgIpc) is 3.16. The van der Waals surface area contributed by atoms with Gasteiger partial charge in [0.2, 0.25) is 15.7 Å². The monoisotopic (exact) mass is 411 g/mol. The quantitative estimate of drug-likeness (QED) is 0.760. The summed E-state index contributed by atoms with van der Waals surface area (Å²) in [5.74, 6) is -0.443. The highest BCUT2D eigenvalue weighted by molar-refractivity contribution is 7.91. The molecule has 1 fully saturated rings. The topological polar surface area (TPSA) is 107 Å². The Morgan fingerprint density at radius 3 is 2.67 bits per heavy atom. The number of benzene rings is 1. The Labute approximate surface area is 161 Å². The molecule has 2 aromatic rings. The number of hydrogen-bond donors (Lipinski definition) is 1. The van der Waals surface area contributed by atoms with E-state index in [-0.39, 0.29) is 22.6 Å². The highest BCUT2D eigenvalue weighted by Gasteiger charge is 2.21. The molecule has 0 aliphatic carbocycles. The molecule has 1 atom stereocenters. The molecule has 0 bridgehead atoms. The zero-order valence-electron chi connectivity index (χ0n) is 14.3. The third kappa shape index (κ3) is 4.74. The molecule has 1 aliphatic rings. The second kappa shape index (κ2) is 8.20. The van der Waals surface area contributed by atoms with E-state index in [1.807, 2.05) is 0 Å². The lowest BCUT2D eigenvalue weighted by Gasteiger charge is -2.11. The van der Waals surface area contributed by atoms with Crippen LogP contribution < -0.4 is 10.9 Å². The van der Waals surface area contributed by atoms with Crippen LogP contribution >= 0.6 is 11.6 Å². The fourth-order valence-corrected chi connectivity index (χ4v) is 3.96. The second-order valence-corrected chi connectivity index (χ2v) is 8.40. The summed E-state index contributed by atoms with van der Waals surface area (Å²) >= 11 is 5.78. The van der Waals surface area contributed by atoms with Gasteiger partial charge in [-0.25, -0.2) is 13.1 Å². The van der Waals surface area contributed by atoms with Crippen LogP contribution in [0.15, 0.2) is 51.1 Å². The highest BCUT2D eigenvalue weighted by Crippen LogP contribution is 2.20. The third-order valence-electron chi connectivity index (χ3n) is 4.09. The van der Waals surface area contributed by atoms with E-state index in [0.29, 0.717) is 18.2 Å². The van der Waals surface area contributed by atoms with E-state index in [1.165, 1.54) is 24.3 Å². The summed E-state index contributed by atoms with van der Waals surface area (Å²) in [7, 11) is -3.94. The first-order chi connectivity index (χ1) is 12.9. The van der Waals surface area contributed by atoms with Crippen molar-refractivity contribution in [1.82, 2.24) is 15.1 Å². The van der Waals surface area contributed by atoms with Gasteiger partial charge in [0.1, 0.15) is 6.54 Å². The van der Waals surface area contributed by atoms with Gasteiger partial charge in [-0.2, -0.15) is 5.10 Å².